The molecule has 2 aliphatic heterocycles. The van der Waals surface area contributed by atoms with Crippen molar-refractivity contribution in [2.24, 2.45) is 0 Å². The Bertz CT molecular complexity index is 684. The third kappa shape index (κ3) is 1.76. The second-order valence-corrected chi connectivity index (χ2v) is 5.77. The van der Waals surface area contributed by atoms with E-state index in [9.17, 15) is 0 Å². The van der Waals surface area contributed by atoms with Crippen LogP contribution in [0.5, 0.6) is 11.5 Å². The molecule has 4 heteroatoms. The van der Waals surface area contributed by atoms with Gasteiger partial charge in [-0.2, -0.15) is 0 Å². The standard InChI is InChI=1S/C16H18N2O2/c1-17-7-11-3-4-12-13(16(11)20-10-17)5-6-15-14(12)8-18(2)9-19-15/h3-6H,7-10H2,1-2H3. The molecule has 0 spiro atoms. The van der Waals surface area contributed by atoms with Gasteiger partial charge in [-0.05, 0) is 31.6 Å². The minimum absolute atomic E-state index is 0.652. The molecule has 0 unspecified atom stereocenters. The smallest absolute Gasteiger partial charge is 0.142 e. The summed E-state index contributed by atoms with van der Waals surface area (Å²) in [4.78, 5) is 4.35. The first-order valence-corrected chi connectivity index (χ1v) is 6.92. The zero-order chi connectivity index (χ0) is 13.7. The van der Waals surface area contributed by atoms with Crippen LogP contribution in [0.15, 0.2) is 24.3 Å². The van der Waals surface area contributed by atoms with Gasteiger partial charge in [-0.3, -0.25) is 9.80 Å². The van der Waals surface area contributed by atoms with Crippen molar-refractivity contribution in [3.05, 3.63) is 35.4 Å². The number of hydrogen-bond donors (Lipinski definition) is 0. The maximum atomic E-state index is 5.94. The van der Waals surface area contributed by atoms with Crippen molar-refractivity contribution in [3.63, 3.8) is 0 Å². The number of fused-ring (bicyclic) bond motifs is 5. The van der Waals surface area contributed by atoms with E-state index in [1.165, 1.54) is 21.9 Å². The Labute approximate surface area is 118 Å². The Morgan fingerprint density at radius 2 is 1.60 bits per heavy atom. The van der Waals surface area contributed by atoms with E-state index in [2.05, 4.69) is 48.2 Å². The molecular formula is C16H18N2O2. The highest BCUT2D eigenvalue weighted by atomic mass is 16.5. The number of benzene rings is 2. The third-order valence-corrected chi connectivity index (χ3v) is 4.04. The quantitative estimate of drug-likeness (QED) is 0.734. The maximum Gasteiger partial charge on any atom is 0.142 e. The number of rotatable bonds is 0. The molecule has 0 amide bonds. The van der Waals surface area contributed by atoms with Crippen molar-refractivity contribution in [3.8, 4) is 11.5 Å². The molecule has 0 radical (unpaired) electrons. The first kappa shape index (κ1) is 12.0. The Balaban J connectivity index is 1.93. The molecule has 2 heterocycles. The van der Waals surface area contributed by atoms with E-state index in [0.29, 0.717) is 13.5 Å². The number of nitrogens with zero attached hydrogens (tertiary/aromatic N) is 2. The lowest BCUT2D eigenvalue weighted by atomic mass is 9.98. The normalized spacial score (nSPS) is 19.1. The van der Waals surface area contributed by atoms with Gasteiger partial charge in [-0.25, -0.2) is 0 Å². The fraction of sp³-hybridized carbons (Fsp3) is 0.375. The molecule has 0 saturated heterocycles. The minimum atomic E-state index is 0.652. The van der Waals surface area contributed by atoms with Gasteiger partial charge in [0.15, 0.2) is 0 Å². The minimum Gasteiger partial charge on any atom is -0.478 e. The van der Waals surface area contributed by atoms with Gasteiger partial charge in [0.25, 0.3) is 0 Å². The average Bonchev–Trinajstić information content (AvgIpc) is 2.46. The van der Waals surface area contributed by atoms with Crippen molar-refractivity contribution in [2.75, 3.05) is 27.6 Å². The summed E-state index contributed by atoms with van der Waals surface area (Å²) in [7, 11) is 4.15. The molecule has 0 N–H and O–H groups in total. The maximum absolute atomic E-state index is 5.94. The molecule has 0 aromatic heterocycles. The van der Waals surface area contributed by atoms with Gasteiger partial charge >= 0.3 is 0 Å². The number of ether oxygens (including phenoxy) is 2. The van der Waals surface area contributed by atoms with Crippen LogP contribution in [0, 0.1) is 0 Å². The molecule has 0 bridgehead atoms. The molecule has 0 fully saturated rings. The van der Waals surface area contributed by atoms with E-state index in [1.807, 2.05) is 0 Å². The summed E-state index contributed by atoms with van der Waals surface area (Å²) in [6, 6.07) is 8.59. The predicted octanol–water partition coefficient (Wildman–Crippen LogP) is 2.40. The topological polar surface area (TPSA) is 24.9 Å². The highest BCUT2D eigenvalue weighted by molar-refractivity contribution is 5.94. The van der Waals surface area contributed by atoms with Gasteiger partial charge < -0.3 is 9.47 Å². The van der Waals surface area contributed by atoms with Gasteiger partial charge in [0.1, 0.15) is 25.0 Å². The van der Waals surface area contributed by atoms with Crippen LogP contribution < -0.4 is 9.47 Å². The van der Waals surface area contributed by atoms with Crippen LogP contribution in [-0.4, -0.2) is 37.4 Å². The van der Waals surface area contributed by atoms with Gasteiger partial charge in [0.2, 0.25) is 0 Å². The predicted molar refractivity (Wildman–Crippen MR) is 77.9 cm³/mol. The number of hydrogen-bond acceptors (Lipinski definition) is 4. The van der Waals surface area contributed by atoms with Crippen molar-refractivity contribution >= 4 is 10.8 Å². The second-order valence-electron chi connectivity index (χ2n) is 5.77. The molecule has 2 aliphatic rings. The largest absolute Gasteiger partial charge is 0.478 e. The molecule has 104 valence electrons. The van der Waals surface area contributed by atoms with Crippen LogP contribution in [-0.2, 0) is 13.1 Å². The average molecular weight is 270 g/mol. The molecule has 0 aliphatic carbocycles. The Kier molecular flexibility index (Phi) is 2.62. The van der Waals surface area contributed by atoms with Crippen LogP contribution in [0.4, 0.5) is 0 Å². The van der Waals surface area contributed by atoms with Gasteiger partial charge in [-0.15, -0.1) is 0 Å². The van der Waals surface area contributed by atoms with E-state index in [1.54, 1.807) is 0 Å². The van der Waals surface area contributed by atoms with E-state index in [-0.39, 0.29) is 0 Å². The van der Waals surface area contributed by atoms with Gasteiger partial charge in [0, 0.05) is 29.6 Å². The van der Waals surface area contributed by atoms with Crippen LogP contribution in [0.2, 0.25) is 0 Å². The van der Waals surface area contributed by atoms with Crippen molar-refractivity contribution in [1.29, 1.82) is 0 Å². The third-order valence-electron chi connectivity index (χ3n) is 4.04. The fourth-order valence-electron chi connectivity index (χ4n) is 3.07. The summed E-state index contributed by atoms with van der Waals surface area (Å²) >= 11 is 0. The molecule has 0 atom stereocenters. The Morgan fingerprint density at radius 3 is 2.50 bits per heavy atom. The van der Waals surface area contributed by atoms with Crippen molar-refractivity contribution in [2.45, 2.75) is 13.1 Å². The first-order valence-electron chi connectivity index (χ1n) is 6.92. The first-order chi connectivity index (χ1) is 9.72. The second kappa shape index (κ2) is 4.36. The van der Waals surface area contributed by atoms with Crippen LogP contribution in [0.1, 0.15) is 11.1 Å². The SMILES string of the molecule is CN1COc2c(ccc3c4c(ccc23)OCN(C)C4)C1. The van der Waals surface area contributed by atoms with E-state index in [4.69, 9.17) is 9.47 Å². The highest BCUT2D eigenvalue weighted by Crippen LogP contribution is 2.39. The van der Waals surface area contributed by atoms with Crippen LogP contribution in [0.3, 0.4) is 0 Å². The van der Waals surface area contributed by atoms with Crippen molar-refractivity contribution in [1.82, 2.24) is 9.80 Å². The zero-order valence-electron chi connectivity index (χ0n) is 11.8. The molecule has 2 aromatic rings. The van der Waals surface area contributed by atoms with Gasteiger partial charge in [0.05, 0.1) is 0 Å². The molecule has 20 heavy (non-hydrogen) atoms. The lowest BCUT2D eigenvalue weighted by Gasteiger charge is -2.29. The van der Waals surface area contributed by atoms with E-state index in [0.717, 1.165) is 24.6 Å². The molecular weight excluding hydrogens is 252 g/mol. The summed E-state index contributed by atoms with van der Waals surface area (Å²) in [5.41, 5.74) is 2.53. The van der Waals surface area contributed by atoms with Gasteiger partial charge in [-0.1, -0.05) is 12.1 Å². The van der Waals surface area contributed by atoms with E-state index >= 15 is 0 Å². The monoisotopic (exact) mass is 270 g/mol. The van der Waals surface area contributed by atoms with Crippen LogP contribution in [0.25, 0.3) is 10.8 Å². The Hall–Kier alpha value is -1.78. The highest BCUT2D eigenvalue weighted by Gasteiger charge is 2.21. The van der Waals surface area contributed by atoms with Crippen LogP contribution >= 0.6 is 0 Å². The molecule has 4 rings (SSSR count). The summed E-state index contributed by atoms with van der Waals surface area (Å²) in [6.07, 6.45) is 0. The molecule has 2 aromatic carbocycles. The molecule has 0 saturated carbocycles. The zero-order valence-corrected chi connectivity index (χ0v) is 11.8. The molecule has 4 nitrogen and oxygen atoms in total. The van der Waals surface area contributed by atoms with Crippen molar-refractivity contribution < 1.29 is 9.47 Å². The summed E-state index contributed by atoms with van der Waals surface area (Å²) in [5.74, 6) is 2.04. The fourth-order valence-corrected chi connectivity index (χ4v) is 3.07. The van der Waals surface area contributed by atoms with E-state index < -0.39 is 0 Å². The summed E-state index contributed by atoms with van der Waals surface area (Å²) in [6.45, 7) is 3.18. The lowest BCUT2D eigenvalue weighted by molar-refractivity contribution is 0.121. The summed E-state index contributed by atoms with van der Waals surface area (Å²) in [5, 5.41) is 2.45. The summed E-state index contributed by atoms with van der Waals surface area (Å²) < 4.78 is 11.7. The Morgan fingerprint density at radius 1 is 0.850 bits per heavy atom. The lowest BCUT2D eigenvalue weighted by Crippen LogP contribution is -2.29.